The Bertz CT molecular complexity index is 1010. The molecule has 158 valence electrons. The molecule has 30 heavy (non-hydrogen) atoms. The summed E-state index contributed by atoms with van der Waals surface area (Å²) in [6.45, 7) is 1.31. The summed E-state index contributed by atoms with van der Waals surface area (Å²) in [5.74, 6) is -1.95. The topological polar surface area (TPSA) is 132 Å². The molecule has 0 bridgehead atoms. The lowest BCUT2D eigenvalue weighted by Gasteiger charge is -2.11. The molecule has 0 saturated heterocycles. The third-order valence-electron chi connectivity index (χ3n) is 3.66. The fourth-order valence-corrected chi connectivity index (χ4v) is 2.52. The van der Waals surface area contributed by atoms with E-state index < -0.39 is 17.7 Å². The highest BCUT2D eigenvalue weighted by Gasteiger charge is 2.15. The molecule has 3 amide bonds. The van der Waals surface area contributed by atoms with Gasteiger partial charge in [-0.25, -0.2) is 5.43 Å². The van der Waals surface area contributed by atoms with E-state index >= 15 is 0 Å². The van der Waals surface area contributed by atoms with Crippen LogP contribution in [0, 0.1) is 0 Å². The smallest absolute Gasteiger partial charge is 0.329 e. The maximum atomic E-state index is 12.0. The lowest BCUT2D eigenvalue weighted by molar-refractivity contribution is -0.136. The molecular weight excluding hydrogens is 435 g/mol. The number of amides is 3. The minimum Gasteiger partial charge on any atom is -0.493 e. The zero-order chi connectivity index (χ0) is 22.3. The lowest BCUT2D eigenvalue weighted by atomic mass is 10.1. The number of halogens is 2. The number of carbonyl (C=O) groups excluding carboxylic acids is 3. The van der Waals surface area contributed by atoms with E-state index in [2.05, 4.69) is 15.8 Å². The highest BCUT2D eigenvalue weighted by atomic mass is 35.5. The Hall–Kier alpha value is -3.30. The average Bonchev–Trinajstić information content (AvgIpc) is 2.72. The first-order valence-electron chi connectivity index (χ1n) is 8.41. The third kappa shape index (κ3) is 6.36. The fourth-order valence-electron chi connectivity index (χ4n) is 2.18. The van der Waals surface area contributed by atoms with E-state index in [-0.39, 0.29) is 17.3 Å². The summed E-state index contributed by atoms with van der Waals surface area (Å²) in [5.41, 5.74) is 8.37. The number of nitrogens with two attached hydrogens (primary N) is 1. The van der Waals surface area contributed by atoms with E-state index in [1.165, 1.54) is 19.2 Å². The number of rotatable bonds is 7. The molecule has 0 aromatic heterocycles. The summed E-state index contributed by atoms with van der Waals surface area (Å²) in [6.07, 6.45) is 0. The Labute approximate surface area is 182 Å². The lowest BCUT2D eigenvalue weighted by Crippen LogP contribution is -2.33. The summed E-state index contributed by atoms with van der Waals surface area (Å²) in [4.78, 5) is 34.9. The number of ether oxygens (including phenoxy) is 2. The predicted molar refractivity (Wildman–Crippen MR) is 113 cm³/mol. The van der Waals surface area contributed by atoms with Gasteiger partial charge in [0.1, 0.15) is 0 Å². The van der Waals surface area contributed by atoms with Crippen molar-refractivity contribution in [2.75, 3.05) is 19.0 Å². The third-order valence-corrected chi connectivity index (χ3v) is 4.22. The SMILES string of the molecule is COc1cc(C(C)=NNC(=O)C(=O)Nc2cc(Cl)ccc2Cl)ccc1OCC(N)=O. The van der Waals surface area contributed by atoms with Crippen LogP contribution in [-0.2, 0) is 14.4 Å². The standard InChI is InChI=1S/C19H18Cl2N4O5/c1-10(11-3-6-15(16(7-11)29-2)30-9-17(22)26)24-25-19(28)18(27)23-14-8-12(20)4-5-13(14)21/h3-8H,9H2,1-2H3,(H2,22,26)(H,23,27)(H,25,28). The number of nitrogens with one attached hydrogen (secondary N) is 2. The number of anilines is 1. The van der Waals surface area contributed by atoms with Crippen LogP contribution in [0.25, 0.3) is 0 Å². The fraction of sp³-hybridized carbons (Fsp3) is 0.158. The molecule has 0 heterocycles. The number of carbonyl (C=O) groups is 3. The van der Waals surface area contributed by atoms with E-state index in [0.717, 1.165) is 0 Å². The summed E-state index contributed by atoms with van der Waals surface area (Å²) in [7, 11) is 1.43. The van der Waals surface area contributed by atoms with Gasteiger partial charge in [-0.1, -0.05) is 23.2 Å². The van der Waals surface area contributed by atoms with Gasteiger partial charge in [0.25, 0.3) is 5.91 Å². The van der Waals surface area contributed by atoms with Gasteiger partial charge in [-0.15, -0.1) is 0 Å². The number of hydrogen-bond acceptors (Lipinski definition) is 6. The van der Waals surface area contributed by atoms with E-state index in [4.69, 9.17) is 38.4 Å². The van der Waals surface area contributed by atoms with E-state index in [1.54, 1.807) is 31.2 Å². The van der Waals surface area contributed by atoms with Gasteiger partial charge in [0, 0.05) is 10.6 Å². The maximum absolute atomic E-state index is 12.0. The van der Waals surface area contributed by atoms with Gasteiger partial charge in [-0.3, -0.25) is 14.4 Å². The molecule has 0 radical (unpaired) electrons. The highest BCUT2D eigenvalue weighted by Crippen LogP contribution is 2.28. The molecule has 0 fully saturated rings. The predicted octanol–water partition coefficient (Wildman–Crippen LogP) is 2.34. The van der Waals surface area contributed by atoms with Crippen LogP contribution in [0.2, 0.25) is 10.0 Å². The molecule has 0 saturated carbocycles. The van der Waals surface area contributed by atoms with Crippen molar-refractivity contribution in [3.63, 3.8) is 0 Å². The first-order valence-corrected chi connectivity index (χ1v) is 9.17. The summed E-state index contributed by atoms with van der Waals surface area (Å²) >= 11 is 11.8. The molecule has 0 atom stereocenters. The molecule has 0 aliphatic heterocycles. The Kier molecular flexibility index (Phi) is 8.02. The van der Waals surface area contributed by atoms with Gasteiger partial charge >= 0.3 is 11.8 Å². The molecule has 2 aromatic carbocycles. The summed E-state index contributed by atoms with van der Waals surface area (Å²) in [5, 5.41) is 6.83. The Morgan fingerprint density at radius 1 is 1.07 bits per heavy atom. The summed E-state index contributed by atoms with van der Waals surface area (Å²) < 4.78 is 10.5. The minimum atomic E-state index is -1.00. The molecule has 2 rings (SSSR count). The van der Waals surface area contributed by atoms with E-state index in [1.807, 2.05) is 0 Å². The van der Waals surface area contributed by atoms with Crippen LogP contribution in [0.1, 0.15) is 12.5 Å². The van der Waals surface area contributed by atoms with Crippen molar-refractivity contribution < 1.29 is 23.9 Å². The van der Waals surface area contributed by atoms with Crippen LogP contribution in [0.15, 0.2) is 41.5 Å². The zero-order valence-corrected chi connectivity index (χ0v) is 17.5. The van der Waals surface area contributed by atoms with Crippen LogP contribution in [-0.4, -0.2) is 37.1 Å². The molecule has 0 aliphatic carbocycles. The van der Waals surface area contributed by atoms with Crippen LogP contribution in [0.4, 0.5) is 5.69 Å². The molecule has 11 heteroatoms. The van der Waals surface area contributed by atoms with Gasteiger partial charge < -0.3 is 20.5 Å². The van der Waals surface area contributed by atoms with Crippen molar-refractivity contribution in [3.05, 3.63) is 52.0 Å². The highest BCUT2D eigenvalue weighted by molar-refractivity contribution is 6.42. The van der Waals surface area contributed by atoms with Gasteiger partial charge in [0.2, 0.25) is 0 Å². The Balaban J connectivity index is 2.06. The van der Waals surface area contributed by atoms with Crippen molar-refractivity contribution in [1.82, 2.24) is 5.43 Å². The van der Waals surface area contributed by atoms with Crippen molar-refractivity contribution in [2.24, 2.45) is 10.8 Å². The first-order chi connectivity index (χ1) is 14.2. The van der Waals surface area contributed by atoms with Crippen LogP contribution in [0.3, 0.4) is 0 Å². The number of hydrogen-bond donors (Lipinski definition) is 3. The number of primary amides is 1. The maximum Gasteiger partial charge on any atom is 0.329 e. The van der Waals surface area contributed by atoms with Gasteiger partial charge in [0.15, 0.2) is 18.1 Å². The quantitative estimate of drug-likeness (QED) is 0.336. The summed E-state index contributed by atoms with van der Waals surface area (Å²) in [6, 6.07) is 9.24. The van der Waals surface area contributed by atoms with Crippen LogP contribution < -0.4 is 25.9 Å². The number of methoxy groups -OCH3 is 1. The zero-order valence-electron chi connectivity index (χ0n) is 16.0. The molecule has 4 N–H and O–H groups in total. The second-order valence-corrected chi connectivity index (χ2v) is 6.68. The number of benzene rings is 2. The van der Waals surface area contributed by atoms with Crippen LogP contribution in [0.5, 0.6) is 11.5 Å². The van der Waals surface area contributed by atoms with Gasteiger partial charge in [-0.2, -0.15) is 5.10 Å². The minimum absolute atomic E-state index is 0.196. The Morgan fingerprint density at radius 2 is 1.80 bits per heavy atom. The van der Waals surface area contributed by atoms with Crippen molar-refractivity contribution in [2.45, 2.75) is 6.92 Å². The molecule has 2 aromatic rings. The van der Waals surface area contributed by atoms with E-state index in [0.29, 0.717) is 27.8 Å². The Morgan fingerprint density at radius 3 is 2.47 bits per heavy atom. The monoisotopic (exact) mass is 452 g/mol. The second kappa shape index (κ2) is 10.5. The molecule has 0 aliphatic rings. The van der Waals surface area contributed by atoms with E-state index in [9.17, 15) is 14.4 Å². The number of hydrazone groups is 1. The van der Waals surface area contributed by atoms with Crippen LogP contribution >= 0.6 is 23.2 Å². The second-order valence-electron chi connectivity index (χ2n) is 5.84. The average molecular weight is 453 g/mol. The van der Waals surface area contributed by atoms with Crippen molar-refractivity contribution >= 4 is 52.3 Å². The normalized spacial score (nSPS) is 10.9. The molecule has 0 spiro atoms. The van der Waals surface area contributed by atoms with Gasteiger partial charge in [-0.05, 0) is 43.3 Å². The number of nitrogens with zero attached hydrogens (tertiary/aromatic N) is 1. The largest absolute Gasteiger partial charge is 0.493 e. The molecule has 0 unspecified atom stereocenters. The molecular formula is C19H18Cl2N4O5. The van der Waals surface area contributed by atoms with Gasteiger partial charge in [0.05, 0.1) is 23.5 Å². The first kappa shape index (κ1) is 23.0. The van der Waals surface area contributed by atoms with Crippen molar-refractivity contribution in [1.29, 1.82) is 0 Å². The van der Waals surface area contributed by atoms with Crippen molar-refractivity contribution in [3.8, 4) is 11.5 Å². The molecule has 9 nitrogen and oxygen atoms in total.